The zero-order chi connectivity index (χ0) is 14.4. The molecule has 20 heavy (non-hydrogen) atoms. The molecule has 5 heteroatoms. The van der Waals surface area contributed by atoms with E-state index in [4.69, 9.17) is 19.7 Å². The summed E-state index contributed by atoms with van der Waals surface area (Å²) in [5.74, 6) is 8.13. The minimum Gasteiger partial charge on any atom is -0.497 e. The third-order valence-corrected chi connectivity index (χ3v) is 3.28. The summed E-state index contributed by atoms with van der Waals surface area (Å²) in [7, 11) is 3.27. The molecule has 2 rings (SSSR count). The van der Waals surface area contributed by atoms with Gasteiger partial charge in [-0.1, -0.05) is 6.07 Å². The van der Waals surface area contributed by atoms with Crippen molar-refractivity contribution in [1.29, 1.82) is 0 Å². The highest BCUT2D eigenvalue weighted by atomic mass is 16.5. The first-order valence-electron chi connectivity index (χ1n) is 6.49. The number of nitrogens with two attached hydrogens (primary N) is 1. The molecule has 1 aromatic heterocycles. The Balaban J connectivity index is 2.13. The molecule has 0 aliphatic heterocycles. The Bertz CT molecular complexity index is 526. The van der Waals surface area contributed by atoms with E-state index in [9.17, 15) is 0 Å². The smallest absolute Gasteiger partial charge is 0.127 e. The molecule has 0 aliphatic rings. The Hall–Kier alpha value is -1.98. The van der Waals surface area contributed by atoms with Gasteiger partial charge in [0.25, 0.3) is 0 Å². The number of hydrazine groups is 1. The lowest BCUT2D eigenvalue weighted by Gasteiger charge is -2.19. The van der Waals surface area contributed by atoms with Gasteiger partial charge in [-0.2, -0.15) is 0 Å². The molecule has 0 amide bonds. The van der Waals surface area contributed by atoms with E-state index in [0.29, 0.717) is 0 Å². The Labute approximate surface area is 118 Å². The van der Waals surface area contributed by atoms with Crippen LogP contribution in [0, 0.1) is 0 Å². The SMILES string of the molecule is COc1ccc(C(CCc2ccco2)NN)c(OC)c1. The van der Waals surface area contributed by atoms with E-state index in [1.54, 1.807) is 20.5 Å². The lowest BCUT2D eigenvalue weighted by atomic mass is 10.0. The van der Waals surface area contributed by atoms with Gasteiger partial charge in [-0.15, -0.1) is 0 Å². The maximum atomic E-state index is 5.67. The van der Waals surface area contributed by atoms with Crippen LogP contribution in [0.3, 0.4) is 0 Å². The summed E-state index contributed by atoms with van der Waals surface area (Å²) in [4.78, 5) is 0. The maximum absolute atomic E-state index is 5.67. The van der Waals surface area contributed by atoms with Crippen LogP contribution in [0.5, 0.6) is 11.5 Å². The first-order chi connectivity index (χ1) is 9.78. The minimum absolute atomic E-state index is 0.0130. The van der Waals surface area contributed by atoms with Gasteiger partial charge in [-0.05, 0) is 24.6 Å². The fourth-order valence-corrected chi connectivity index (χ4v) is 2.18. The van der Waals surface area contributed by atoms with E-state index in [2.05, 4.69) is 5.43 Å². The number of benzene rings is 1. The number of rotatable bonds is 7. The molecule has 1 aromatic carbocycles. The predicted octanol–water partition coefficient (Wildman–Crippen LogP) is 2.43. The molecule has 0 aliphatic carbocycles. The second-order valence-corrected chi connectivity index (χ2v) is 4.45. The molecule has 0 saturated heterocycles. The molecule has 1 atom stereocenters. The quantitative estimate of drug-likeness (QED) is 0.600. The van der Waals surface area contributed by atoms with Crippen LogP contribution < -0.4 is 20.7 Å². The van der Waals surface area contributed by atoms with Crippen molar-refractivity contribution in [2.24, 2.45) is 5.84 Å². The normalized spacial score (nSPS) is 12.2. The number of aryl methyl sites for hydroxylation is 1. The molecular weight excluding hydrogens is 256 g/mol. The Morgan fingerprint density at radius 1 is 1.25 bits per heavy atom. The molecule has 1 heterocycles. The maximum Gasteiger partial charge on any atom is 0.127 e. The van der Waals surface area contributed by atoms with Gasteiger partial charge >= 0.3 is 0 Å². The van der Waals surface area contributed by atoms with Crippen LogP contribution in [0.25, 0.3) is 0 Å². The van der Waals surface area contributed by atoms with E-state index in [1.165, 1.54) is 0 Å². The van der Waals surface area contributed by atoms with Crippen molar-refractivity contribution in [3.8, 4) is 11.5 Å². The largest absolute Gasteiger partial charge is 0.497 e. The van der Waals surface area contributed by atoms with Gasteiger partial charge in [0.2, 0.25) is 0 Å². The number of hydrogen-bond acceptors (Lipinski definition) is 5. The molecule has 0 bridgehead atoms. The Morgan fingerprint density at radius 2 is 2.10 bits per heavy atom. The highest BCUT2D eigenvalue weighted by Gasteiger charge is 2.16. The monoisotopic (exact) mass is 276 g/mol. The first kappa shape index (κ1) is 14.4. The molecule has 3 N–H and O–H groups in total. The zero-order valence-electron chi connectivity index (χ0n) is 11.8. The molecule has 0 spiro atoms. The predicted molar refractivity (Wildman–Crippen MR) is 76.6 cm³/mol. The van der Waals surface area contributed by atoms with E-state index < -0.39 is 0 Å². The molecular formula is C15H20N2O3. The molecule has 108 valence electrons. The van der Waals surface area contributed by atoms with Gasteiger partial charge in [0.15, 0.2) is 0 Å². The molecule has 0 fully saturated rings. The van der Waals surface area contributed by atoms with E-state index in [0.717, 1.165) is 35.7 Å². The van der Waals surface area contributed by atoms with Crippen molar-refractivity contribution < 1.29 is 13.9 Å². The summed E-state index contributed by atoms with van der Waals surface area (Å²) >= 11 is 0. The molecule has 2 aromatic rings. The summed E-state index contributed by atoms with van der Waals surface area (Å²) in [6.07, 6.45) is 3.29. The van der Waals surface area contributed by atoms with E-state index >= 15 is 0 Å². The molecule has 0 saturated carbocycles. The zero-order valence-corrected chi connectivity index (χ0v) is 11.8. The van der Waals surface area contributed by atoms with E-state index in [-0.39, 0.29) is 6.04 Å². The lowest BCUT2D eigenvalue weighted by Crippen LogP contribution is -2.28. The van der Waals surface area contributed by atoms with Crippen LogP contribution in [0.1, 0.15) is 23.8 Å². The van der Waals surface area contributed by atoms with Gasteiger partial charge in [0, 0.05) is 18.1 Å². The van der Waals surface area contributed by atoms with Crippen molar-refractivity contribution in [2.45, 2.75) is 18.9 Å². The fourth-order valence-electron chi connectivity index (χ4n) is 2.18. The van der Waals surface area contributed by atoms with Crippen LogP contribution in [-0.2, 0) is 6.42 Å². The van der Waals surface area contributed by atoms with Gasteiger partial charge in [-0.25, -0.2) is 0 Å². The van der Waals surface area contributed by atoms with E-state index in [1.807, 2.05) is 30.3 Å². The lowest BCUT2D eigenvalue weighted by molar-refractivity contribution is 0.380. The molecule has 5 nitrogen and oxygen atoms in total. The van der Waals surface area contributed by atoms with Crippen molar-refractivity contribution in [1.82, 2.24) is 5.43 Å². The second kappa shape index (κ2) is 6.98. The Kier molecular flexibility index (Phi) is 5.03. The third-order valence-electron chi connectivity index (χ3n) is 3.28. The standard InChI is InChI=1S/C15H20N2O3/c1-18-12-5-7-13(15(10-12)19-2)14(17-16)8-6-11-4-3-9-20-11/h3-5,7,9-10,14,17H,6,8,16H2,1-2H3. The van der Waals surface area contributed by atoms with Crippen molar-refractivity contribution in [3.63, 3.8) is 0 Å². The highest BCUT2D eigenvalue weighted by Crippen LogP contribution is 2.31. The number of furan rings is 1. The average molecular weight is 276 g/mol. The topological polar surface area (TPSA) is 69.7 Å². The van der Waals surface area contributed by atoms with Crippen molar-refractivity contribution in [2.75, 3.05) is 14.2 Å². The van der Waals surface area contributed by atoms with Crippen LogP contribution in [-0.4, -0.2) is 14.2 Å². The fraction of sp³-hybridized carbons (Fsp3) is 0.333. The van der Waals surface area contributed by atoms with Crippen LogP contribution >= 0.6 is 0 Å². The van der Waals surface area contributed by atoms with Crippen molar-refractivity contribution in [3.05, 3.63) is 47.9 Å². The van der Waals surface area contributed by atoms with Gasteiger partial charge < -0.3 is 13.9 Å². The highest BCUT2D eigenvalue weighted by molar-refractivity contribution is 5.42. The second-order valence-electron chi connectivity index (χ2n) is 4.45. The first-order valence-corrected chi connectivity index (χ1v) is 6.49. The van der Waals surface area contributed by atoms with Crippen molar-refractivity contribution >= 4 is 0 Å². The summed E-state index contributed by atoms with van der Waals surface area (Å²) in [6.45, 7) is 0. The third kappa shape index (κ3) is 3.31. The molecule has 1 unspecified atom stereocenters. The Morgan fingerprint density at radius 3 is 2.70 bits per heavy atom. The van der Waals surface area contributed by atoms with Crippen LogP contribution in [0.4, 0.5) is 0 Å². The summed E-state index contributed by atoms with van der Waals surface area (Å²) in [5.41, 5.74) is 3.83. The number of methoxy groups -OCH3 is 2. The summed E-state index contributed by atoms with van der Waals surface area (Å²) in [5, 5.41) is 0. The van der Waals surface area contributed by atoms with Crippen LogP contribution in [0.15, 0.2) is 41.0 Å². The van der Waals surface area contributed by atoms with Crippen LogP contribution in [0.2, 0.25) is 0 Å². The molecule has 0 radical (unpaired) electrons. The average Bonchev–Trinajstić information content (AvgIpc) is 3.01. The van der Waals surface area contributed by atoms with Gasteiger partial charge in [-0.3, -0.25) is 11.3 Å². The van der Waals surface area contributed by atoms with Gasteiger partial charge in [0.05, 0.1) is 26.5 Å². The van der Waals surface area contributed by atoms with Gasteiger partial charge in [0.1, 0.15) is 17.3 Å². The summed E-state index contributed by atoms with van der Waals surface area (Å²) < 4.78 is 15.9. The minimum atomic E-state index is -0.0130. The number of ether oxygens (including phenoxy) is 2. The number of nitrogens with one attached hydrogen (secondary N) is 1. The number of hydrogen-bond donors (Lipinski definition) is 2. The summed E-state index contributed by atoms with van der Waals surface area (Å²) in [6, 6.07) is 9.54.